The van der Waals surface area contributed by atoms with E-state index in [9.17, 15) is 9.59 Å². The molecule has 4 heteroatoms. The molecule has 0 amide bonds. The van der Waals surface area contributed by atoms with Gasteiger partial charge in [0.1, 0.15) is 0 Å². The molecule has 2 heterocycles. The molecule has 2 aromatic rings. The maximum Gasteiger partial charge on any atom is 0.328 e. The molecular formula is C13H12N2O2. The molecule has 0 bridgehead atoms. The number of nitrogens with zero attached hydrogens (tertiary/aromatic N) is 1. The van der Waals surface area contributed by atoms with Crippen LogP contribution >= 0.6 is 0 Å². The van der Waals surface area contributed by atoms with Crippen molar-refractivity contribution >= 4 is 0 Å². The first-order valence-corrected chi connectivity index (χ1v) is 5.60. The minimum atomic E-state index is -0.337. The van der Waals surface area contributed by atoms with Gasteiger partial charge < -0.3 is 0 Å². The molecule has 3 rings (SSSR count). The first-order chi connectivity index (χ1) is 8.16. The summed E-state index contributed by atoms with van der Waals surface area (Å²) in [7, 11) is 0. The predicted octanol–water partition coefficient (Wildman–Crippen LogP) is 1.07. The van der Waals surface area contributed by atoms with E-state index in [1.807, 2.05) is 12.1 Å². The molecule has 1 aromatic carbocycles. The summed E-state index contributed by atoms with van der Waals surface area (Å²) in [6, 6.07) is 7.47. The number of benzene rings is 1. The summed E-state index contributed by atoms with van der Waals surface area (Å²) in [5.41, 5.74) is 3.51. The Bertz CT molecular complexity index is 710. The third-order valence-corrected chi connectivity index (χ3v) is 3.31. The zero-order chi connectivity index (χ0) is 12.0. The minimum absolute atomic E-state index is 0.320. The number of hydrogen-bond acceptors (Lipinski definition) is 2. The Morgan fingerprint density at radius 1 is 1.29 bits per heavy atom. The number of aryl methyl sites for hydroxylation is 1. The highest BCUT2D eigenvalue weighted by Gasteiger charge is 2.18. The fourth-order valence-corrected chi connectivity index (χ4v) is 2.46. The molecule has 0 spiro atoms. The van der Waals surface area contributed by atoms with Crippen LogP contribution in [-0.2, 0) is 13.0 Å². The standard InChI is InChI=1S/C13H12N2O2/c1-8-3-2-4-10-9(8)5-6-15-11(10)7-12(16)14-13(15)17/h2-4,7H,5-6H2,1H3,(H,14,16,17). The summed E-state index contributed by atoms with van der Waals surface area (Å²) in [5, 5.41) is 0. The van der Waals surface area contributed by atoms with Crippen LogP contribution in [0.2, 0.25) is 0 Å². The Morgan fingerprint density at radius 3 is 2.94 bits per heavy atom. The van der Waals surface area contributed by atoms with Crippen molar-refractivity contribution in [3.8, 4) is 11.3 Å². The zero-order valence-corrected chi connectivity index (χ0v) is 9.49. The number of aromatic amines is 1. The highest BCUT2D eigenvalue weighted by molar-refractivity contribution is 5.66. The lowest BCUT2D eigenvalue weighted by atomic mass is 9.94. The van der Waals surface area contributed by atoms with E-state index in [0.29, 0.717) is 6.54 Å². The summed E-state index contributed by atoms with van der Waals surface area (Å²) in [6.07, 6.45) is 0.834. The molecule has 4 nitrogen and oxygen atoms in total. The molecule has 1 aliphatic heterocycles. The van der Waals surface area contributed by atoms with Crippen molar-refractivity contribution in [3.63, 3.8) is 0 Å². The summed E-state index contributed by atoms with van der Waals surface area (Å²) in [6.45, 7) is 2.68. The van der Waals surface area contributed by atoms with Crippen molar-refractivity contribution in [1.29, 1.82) is 0 Å². The lowest BCUT2D eigenvalue weighted by Crippen LogP contribution is -2.33. The van der Waals surface area contributed by atoms with E-state index in [2.05, 4.69) is 18.0 Å². The van der Waals surface area contributed by atoms with E-state index in [1.54, 1.807) is 4.57 Å². The third-order valence-electron chi connectivity index (χ3n) is 3.31. The number of aromatic nitrogens is 2. The van der Waals surface area contributed by atoms with Gasteiger partial charge in [-0.2, -0.15) is 0 Å². The van der Waals surface area contributed by atoms with E-state index in [-0.39, 0.29) is 11.2 Å². The fourth-order valence-electron chi connectivity index (χ4n) is 2.46. The summed E-state index contributed by atoms with van der Waals surface area (Å²) >= 11 is 0. The minimum Gasteiger partial charge on any atom is -0.293 e. The maximum atomic E-state index is 11.7. The number of nitrogens with one attached hydrogen (secondary N) is 1. The smallest absolute Gasteiger partial charge is 0.293 e. The number of rotatable bonds is 0. The SMILES string of the molecule is Cc1cccc2c1CCn1c-2cc(=O)[nH]c1=O. The zero-order valence-electron chi connectivity index (χ0n) is 9.49. The molecule has 0 aliphatic carbocycles. The van der Waals surface area contributed by atoms with E-state index in [4.69, 9.17) is 0 Å². The summed E-state index contributed by atoms with van der Waals surface area (Å²) in [5.74, 6) is 0. The number of H-pyrrole nitrogens is 1. The molecule has 0 saturated carbocycles. The van der Waals surface area contributed by atoms with Gasteiger partial charge in [0.15, 0.2) is 0 Å². The largest absolute Gasteiger partial charge is 0.328 e. The molecular weight excluding hydrogens is 216 g/mol. The number of fused-ring (bicyclic) bond motifs is 3. The molecule has 86 valence electrons. The second-order valence-electron chi connectivity index (χ2n) is 4.33. The van der Waals surface area contributed by atoms with Crippen LogP contribution in [0.15, 0.2) is 33.9 Å². The van der Waals surface area contributed by atoms with Gasteiger partial charge in [-0.15, -0.1) is 0 Å². The Balaban J connectivity index is 2.41. The second kappa shape index (κ2) is 3.45. The Labute approximate surface area is 97.5 Å². The molecule has 0 unspecified atom stereocenters. The second-order valence-corrected chi connectivity index (χ2v) is 4.33. The number of hydrogen-bond donors (Lipinski definition) is 1. The van der Waals surface area contributed by atoms with Gasteiger partial charge in [-0.25, -0.2) is 4.79 Å². The van der Waals surface area contributed by atoms with Crippen LogP contribution in [0.1, 0.15) is 11.1 Å². The van der Waals surface area contributed by atoms with Crippen molar-refractivity contribution in [2.75, 3.05) is 0 Å². The lowest BCUT2D eigenvalue weighted by Gasteiger charge is -2.22. The fraction of sp³-hybridized carbons (Fsp3) is 0.231. The lowest BCUT2D eigenvalue weighted by molar-refractivity contribution is 0.634. The van der Waals surface area contributed by atoms with Gasteiger partial charge >= 0.3 is 5.69 Å². The van der Waals surface area contributed by atoms with Gasteiger partial charge in [0, 0.05) is 18.2 Å². The van der Waals surface area contributed by atoms with Gasteiger partial charge in [0.25, 0.3) is 5.56 Å². The van der Waals surface area contributed by atoms with Crippen LogP contribution in [0.25, 0.3) is 11.3 Å². The Kier molecular flexibility index (Phi) is 2.04. The first kappa shape index (κ1) is 10.1. The van der Waals surface area contributed by atoms with Crippen LogP contribution in [0.4, 0.5) is 0 Å². The highest BCUT2D eigenvalue weighted by atomic mass is 16.2. The van der Waals surface area contributed by atoms with Crippen LogP contribution in [0.3, 0.4) is 0 Å². The topological polar surface area (TPSA) is 54.9 Å². The van der Waals surface area contributed by atoms with Gasteiger partial charge in [0.2, 0.25) is 0 Å². The van der Waals surface area contributed by atoms with Crippen LogP contribution < -0.4 is 11.2 Å². The molecule has 0 atom stereocenters. The van der Waals surface area contributed by atoms with Crippen LogP contribution in [-0.4, -0.2) is 9.55 Å². The molecule has 0 fully saturated rings. The Hall–Kier alpha value is -2.10. The van der Waals surface area contributed by atoms with Crippen molar-refractivity contribution in [1.82, 2.24) is 9.55 Å². The average Bonchev–Trinajstić information content (AvgIpc) is 2.29. The van der Waals surface area contributed by atoms with Crippen molar-refractivity contribution in [2.45, 2.75) is 19.9 Å². The maximum absolute atomic E-state index is 11.7. The molecule has 0 radical (unpaired) electrons. The van der Waals surface area contributed by atoms with Crippen molar-refractivity contribution < 1.29 is 0 Å². The summed E-state index contributed by atoms with van der Waals surface area (Å²) < 4.78 is 1.63. The van der Waals surface area contributed by atoms with E-state index in [1.165, 1.54) is 17.2 Å². The highest BCUT2D eigenvalue weighted by Crippen LogP contribution is 2.28. The molecule has 1 aromatic heterocycles. The van der Waals surface area contributed by atoms with Gasteiger partial charge in [0.05, 0.1) is 5.69 Å². The molecule has 17 heavy (non-hydrogen) atoms. The average molecular weight is 228 g/mol. The van der Waals surface area contributed by atoms with Crippen LogP contribution in [0.5, 0.6) is 0 Å². The van der Waals surface area contributed by atoms with Gasteiger partial charge in [-0.05, 0) is 24.5 Å². The van der Waals surface area contributed by atoms with E-state index in [0.717, 1.165) is 17.7 Å². The van der Waals surface area contributed by atoms with Gasteiger partial charge in [-0.1, -0.05) is 18.2 Å². The third kappa shape index (κ3) is 1.45. The molecule has 1 aliphatic rings. The normalized spacial score (nSPS) is 13.0. The molecule has 1 N–H and O–H groups in total. The summed E-state index contributed by atoms with van der Waals surface area (Å²) in [4.78, 5) is 25.4. The van der Waals surface area contributed by atoms with Crippen molar-refractivity contribution in [2.24, 2.45) is 0 Å². The monoisotopic (exact) mass is 228 g/mol. The molecule has 0 saturated heterocycles. The predicted molar refractivity (Wildman–Crippen MR) is 65.2 cm³/mol. The first-order valence-electron chi connectivity index (χ1n) is 5.60. The Morgan fingerprint density at radius 2 is 2.12 bits per heavy atom. The van der Waals surface area contributed by atoms with Crippen LogP contribution in [0, 0.1) is 6.92 Å². The quantitative estimate of drug-likeness (QED) is 0.733. The van der Waals surface area contributed by atoms with E-state index < -0.39 is 0 Å². The van der Waals surface area contributed by atoms with Gasteiger partial charge in [-0.3, -0.25) is 14.3 Å². The van der Waals surface area contributed by atoms with Crippen molar-refractivity contribution in [3.05, 3.63) is 56.2 Å². The van der Waals surface area contributed by atoms with E-state index >= 15 is 0 Å².